The summed E-state index contributed by atoms with van der Waals surface area (Å²) >= 11 is 0. The zero-order chi connectivity index (χ0) is 20.3. The number of likely N-dealkylation sites (tertiary alicyclic amines) is 1. The fourth-order valence-corrected chi connectivity index (χ4v) is 3.30. The van der Waals surface area contributed by atoms with Gasteiger partial charge in [0, 0.05) is 6.42 Å². The minimum absolute atomic E-state index is 0.219. The summed E-state index contributed by atoms with van der Waals surface area (Å²) in [6.45, 7) is 5.27. The van der Waals surface area contributed by atoms with E-state index < -0.39 is 17.6 Å². The van der Waals surface area contributed by atoms with E-state index in [2.05, 4.69) is 0 Å². The first-order valence-electron chi connectivity index (χ1n) is 9.32. The third-order valence-corrected chi connectivity index (χ3v) is 4.59. The largest absolute Gasteiger partial charge is 0.515 e. The maximum Gasteiger partial charge on any atom is 0.417 e. The van der Waals surface area contributed by atoms with Gasteiger partial charge < -0.3 is 9.84 Å². The molecule has 2 aromatic rings. The molecule has 2 amide bonds. The molecular weight excluding hydrogens is 354 g/mol. The van der Waals surface area contributed by atoms with Gasteiger partial charge in [-0.3, -0.25) is 4.79 Å². The Kier molecular flexibility index (Phi) is 5.54. The van der Waals surface area contributed by atoms with E-state index in [4.69, 9.17) is 4.74 Å². The Hall–Kier alpha value is -3.08. The highest BCUT2D eigenvalue weighted by Crippen LogP contribution is 2.29. The van der Waals surface area contributed by atoms with Crippen molar-refractivity contribution < 1.29 is 19.4 Å². The second kappa shape index (κ2) is 7.89. The minimum atomic E-state index is -0.703. The van der Waals surface area contributed by atoms with Crippen molar-refractivity contribution >= 4 is 12.0 Å². The van der Waals surface area contributed by atoms with Crippen LogP contribution in [-0.4, -0.2) is 33.6 Å². The first-order chi connectivity index (χ1) is 13.3. The highest BCUT2D eigenvalue weighted by Gasteiger charge is 2.41. The molecule has 1 aliphatic heterocycles. The smallest absolute Gasteiger partial charge is 0.417 e. The number of aliphatic hydroxyl groups excluding tert-OH is 1. The van der Waals surface area contributed by atoms with Crippen LogP contribution in [0.3, 0.4) is 0 Å². The second-order valence-electron chi connectivity index (χ2n) is 7.93. The van der Waals surface area contributed by atoms with Gasteiger partial charge in [0.15, 0.2) is 0 Å². The van der Waals surface area contributed by atoms with Gasteiger partial charge in [0.1, 0.15) is 5.60 Å². The standard InChI is InChI=1S/C23H25NO4/c1-23(2,3)28-22(27)24-20(14-19(15-25)21(24)26)13-16-9-11-18(12-10-16)17-7-5-4-6-8-17/h4-12,15,20,25H,13-14H2,1-3H3/t20-/m1/s1. The predicted molar refractivity (Wildman–Crippen MR) is 108 cm³/mol. The molecule has 1 fully saturated rings. The zero-order valence-electron chi connectivity index (χ0n) is 16.4. The molecular formula is C23H25NO4. The molecule has 1 aliphatic rings. The second-order valence-corrected chi connectivity index (χ2v) is 7.93. The van der Waals surface area contributed by atoms with E-state index in [-0.39, 0.29) is 11.6 Å². The van der Waals surface area contributed by atoms with Crippen LogP contribution >= 0.6 is 0 Å². The number of hydrogen-bond acceptors (Lipinski definition) is 4. The van der Waals surface area contributed by atoms with E-state index >= 15 is 0 Å². The fourth-order valence-electron chi connectivity index (χ4n) is 3.30. The van der Waals surface area contributed by atoms with E-state index in [0.717, 1.165) is 27.9 Å². The molecule has 146 valence electrons. The number of nitrogens with zero attached hydrogens (tertiary/aromatic N) is 1. The van der Waals surface area contributed by atoms with Crippen LogP contribution in [0.5, 0.6) is 0 Å². The molecule has 5 nitrogen and oxygen atoms in total. The van der Waals surface area contributed by atoms with Crippen molar-refractivity contribution in [1.29, 1.82) is 0 Å². The van der Waals surface area contributed by atoms with Gasteiger partial charge >= 0.3 is 6.09 Å². The molecule has 28 heavy (non-hydrogen) atoms. The number of amides is 2. The van der Waals surface area contributed by atoms with Crippen LogP contribution < -0.4 is 0 Å². The van der Waals surface area contributed by atoms with E-state index in [1.54, 1.807) is 20.8 Å². The van der Waals surface area contributed by atoms with Crippen molar-refractivity contribution in [3.63, 3.8) is 0 Å². The summed E-state index contributed by atoms with van der Waals surface area (Å²) < 4.78 is 5.39. The maximum atomic E-state index is 12.5. The molecule has 0 bridgehead atoms. The molecule has 1 saturated heterocycles. The van der Waals surface area contributed by atoms with Gasteiger partial charge in [-0.15, -0.1) is 0 Å². The van der Waals surface area contributed by atoms with Gasteiger partial charge in [-0.25, -0.2) is 9.69 Å². The van der Waals surface area contributed by atoms with Gasteiger partial charge in [-0.1, -0.05) is 54.6 Å². The molecule has 1 heterocycles. The lowest BCUT2D eigenvalue weighted by molar-refractivity contribution is -0.125. The molecule has 2 aromatic carbocycles. The molecule has 1 N–H and O–H groups in total. The topological polar surface area (TPSA) is 66.8 Å². The van der Waals surface area contributed by atoms with Crippen molar-refractivity contribution in [3.8, 4) is 11.1 Å². The molecule has 0 radical (unpaired) electrons. The van der Waals surface area contributed by atoms with Gasteiger partial charge in [0.25, 0.3) is 5.91 Å². The maximum absolute atomic E-state index is 12.5. The Morgan fingerprint density at radius 3 is 2.29 bits per heavy atom. The number of carbonyl (C=O) groups is 2. The third-order valence-electron chi connectivity index (χ3n) is 4.59. The van der Waals surface area contributed by atoms with Crippen LogP contribution in [0.25, 0.3) is 11.1 Å². The Labute approximate surface area is 165 Å². The highest BCUT2D eigenvalue weighted by molar-refractivity contribution is 6.05. The average molecular weight is 379 g/mol. The van der Waals surface area contributed by atoms with Gasteiger partial charge in [-0.05, 0) is 43.9 Å². The van der Waals surface area contributed by atoms with Crippen molar-refractivity contribution in [3.05, 3.63) is 72.0 Å². The van der Waals surface area contributed by atoms with Crippen molar-refractivity contribution in [2.45, 2.75) is 45.3 Å². The van der Waals surface area contributed by atoms with Gasteiger partial charge in [0.2, 0.25) is 0 Å². The number of carbonyl (C=O) groups excluding carboxylic acids is 2. The highest BCUT2D eigenvalue weighted by atomic mass is 16.6. The normalized spacial score (nSPS) is 18.5. The molecule has 0 unspecified atom stereocenters. The van der Waals surface area contributed by atoms with Crippen LogP contribution in [0, 0.1) is 0 Å². The van der Waals surface area contributed by atoms with E-state index in [1.165, 1.54) is 0 Å². The Morgan fingerprint density at radius 1 is 1.11 bits per heavy atom. The lowest BCUT2D eigenvalue weighted by Gasteiger charge is -2.27. The van der Waals surface area contributed by atoms with E-state index in [1.807, 2.05) is 54.6 Å². The number of imide groups is 1. The Balaban J connectivity index is 1.79. The molecule has 5 heteroatoms. The average Bonchev–Trinajstić information content (AvgIpc) is 2.97. The summed E-state index contributed by atoms with van der Waals surface area (Å²) in [5.74, 6) is -0.498. The summed E-state index contributed by atoms with van der Waals surface area (Å²) in [5, 5.41) is 9.35. The first kappa shape index (κ1) is 19.7. The van der Waals surface area contributed by atoms with Crippen LogP contribution in [0.15, 0.2) is 66.4 Å². The fraction of sp³-hybridized carbons (Fsp3) is 0.304. The minimum Gasteiger partial charge on any atom is -0.515 e. The summed E-state index contributed by atoms with van der Waals surface area (Å²) in [6, 6.07) is 17.7. The quantitative estimate of drug-likeness (QED) is 0.610. The summed E-state index contributed by atoms with van der Waals surface area (Å²) in [7, 11) is 0. The lowest BCUT2D eigenvalue weighted by atomic mass is 9.99. The van der Waals surface area contributed by atoms with E-state index in [9.17, 15) is 14.7 Å². The first-order valence-corrected chi connectivity index (χ1v) is 9.32. The number of aliphatic hydroxyl groups is 1. The van der Waals surface area contributed by atoms with Crippen LogP contribution in [0.4, 0.5) is 4.79 Å². The molecule has 0 spiro atoms. The van der Waals surface area contributed by atoms with Crippen molar-refractivity contribution in [1.82, 2.24) is 4.90 Å². The molecule has 1 atom stereocenters. The Bertz CT molecular complexity index is 879. The number of benzene rings is 2. The van der Waals surface area contributed by atoms with Crippen molar-refractivity contribution in [2.75, 3.05) is 0 Å². The van der Waals surface area contributed by atoms with Crippen molar-refractivity contribution in [2.24, 2.45) is 0 Å². The Morgan fingerprint density at radius 2 is 1.71 bits per heavy atom. The molecule has 0 saturated carbocycles. The molecule has 3 rings (SSSR count). The van der Waals surface area contributed by atoms with E-state index in [0.29, 0.717) is 12.8 Å². The summed E-state index contributed by atoms with van der Waals surface area (Å²) in [6.07, 6.45) is 0.908. The SMILES string of the molecule is CC(C)(C)OC(=O)N1C(=O)C(=CO)C[C@H]1Cc1ccc(-c2ccccc2)cc1. The zero-order valence-corrected chi connectivity index (χ0v) is 16.4. The molecule has 0 aromatic heterocycles. The predicted octanol–water partition coefficient (Wildman–Crippen LogP) is 4.87. The lowest BCUT2D eigenvalue weighted by Crippen LogP contribution is -2.43. The monoisotopic (exact) mass is 379 g/mol. The van der Waals surface area contributed by atoms with Crippen LogP contribution in [0.2, 0.25) is 0 Å². The number of hydrogen-bond donors (Lipinski definition) is 1. The number of ether oxygens (including phenoxy) is 1. The van der Waals surface area contributed by atoms with Gasteiger partial charge in [-0.2, -0.15) is 0 Å². The summed E-state index contributed by atoms with van der Waals surface area (Å²) in [5.41, 5.74) is 2.75. The molecule has 0 aliphatic carbocycles. The number of rotatable bonds is 3. The third kappa shape index (κ3) is 4.42. The van der Waals surface area contributed by atoms with Crippen LogP contribution in [0.1, 0.15) is 32.8 Å². The van der Waals surface area contributed by atoms with Crippen LogP contribution in [-0.2, 0) is 16.0 Å². The summed E-state index contributed by atoms with van der Waals surface area (Å²) in [4.78, 5) is 26.2. The van der Waals surface area contributed by atoms with Gasteiger partial charge in [0.05, 0.1) is 17.9 Å².